The first-order valence-electron chi connectivity index (χ1n) is 11.1. The van der Waals surface area contributed by atoms with Gasteiger partial charge in [-0.2, -0.15) is 0 Å². The Labute approximate surface area is 169 Å². The molecule has 1 aliphatic carbocycles. The highest BCUT2D eigenvalue weighted by Crippen LogP contribution is 2.20. The van der Waals surface area contributed by atoms with Crippen molar-refractivity contribution in [1.82, 2.24) is 10.2 Å². The van der Waals surface area contributed by atoms with E-state index in [-0.39, 0.29) is 24.5 Å². The third-order valence-corrected chi connectivity index (χ3v) is 5.97. The minimum absolute atomic E-state index is 0.0136. The lowest BCUT2D eigenvalue weighted by atomic mass is 9.98. The molecular weight excluding hydrogens is 350 g/mol. The molecule has 5 heteroatoms. The smallest absolute Gasteiger partial charge is 0.325 e. The van der Waals surface area contributed by atoms with Gasteiger partial charge in [-0.05, 0) is 25.0 Å². The lowest BCUT2D eigenvalue weighted by Crippen LogP contribution is -2.43. The highest BCUT2D eigenvalue weighted by molar-refractivity contribution is 5.96. The summed E-state index contributed by atoms with van der Waals surface area (Å²) in [5.74, 6) is -0.0136. The average molecular weight is 386 g/mol. The summed E-state index contributed by atoms with van der Waals surface area (Å²) in [5.41, 5.74) is 0.898. The number of anilines is 1. The van der Waals surface area contributed by atoms with Gasteiger partial charge in [-0.15, -0.1) is 0 Å². The van der Waals surface area contributed by atoms with Crippen LogP contribution >= 0.6 is 0 Å². The third kappa shape index (κ3) is 6.25. The van der Waals surface area contributed by atoms with Gasteiger partial charge >= 0.3 is 6.03 Å². The Hall–Kier alpha value is -2.04. The topological polar surface area (TPSA) is 52.7 Å². The van der Waals surface area contributed by atoms with Gasteiger partial charge < -0.3 is 10.2 Å². The fourth-order valence-corrected chi connectivity index (χ4v) is 4.33. The second-order valence-electron chi connectivity index (χ2n) is 8.22. The first-order valence-corrected chi connectivity index (χ1v) is 11.1. The largest absolute Gasteiger partial charge is 0.352 e. The van der Waals surface area contributed by atoms with Gasteiger partial charge in [0.2, 0.25) is 5.91 Å². The van der Waals surface area contributed by atoms with Crippen LogP contribution in [0, 0.1) is 0 Å². The van der Waals surface area contributed by atoms with Crippen molar-refractivity contribution in [3.8, 4) is 0 Å². The van der Waals surface area contributed by atoms with Crippen LogP contribution in [-0.4, -0.2) is 42.5 Å². The lowest BCUT2D eigenvalue weighted by molar-refractivity contribution is -0.122. The highest BCUT2D eigenvalue weighted by atomic mass is 16.2. The Balaban J connectivity index is 1.47. The number of rotatable bonds is 4. The molecule has 0 unspecified atom stereocenters. The number of benzene rings is 1. The van der Waals surface area contributed by atoms with Crippen molar-refractivity contribution >= 4 is 17.6 Å². The molecule has 1 N–H and O–H groups in total. The molecule has 3 amide bonds. The summed E-state index contributed by atoms with van der Waals surface area (Å²) in [6.45, 7) is 1.41. The molecule has 0 atom stereocenters. The first-order chi connectivity index (χ1) is 13.7. The predicted octanol–water partition coefficient (Wildman–Crippen LogP) is 4.72. The second kappa shape index (κ2) is 11.1. The van der Waals surface area contributed by atoms with E-state index >= 15 is 0 Å². The van der Waals surface area contributed by atoms with Crippen molar-refractivity contribution < 1.29 is 9.59 Å². The first kappa shape index (κ1) is 20.7. The van der Waals surface area contributed by atoms with Crippen LogP contribution in [0.1, 0.15) is 70.6 Å². The number of nitrogens with one attached hydrogen (secondary N) is 1. The molecule has 1 aromatic rings. The van der Waals surface area contributed by atoms with Crippen LogP contribution in [-0.2, 0) is 4.79 Å². The molecule has 3 rings (SSSR count). The molecule has 5 nitrogen and oxygen atoms in total. The number of para-hydroxylation sites is 1. The lowest BCUT2D eigenvalue weighted by Gasteiger charge is -2.22. The van der Waals surface area contributed by atoms with E-state index in [1.54, 1.807) is 9.80 Å². The zero-order chi connectivity index (χ0) is 19.6. The highest BCUT2D eigenvalue weighted by Gasteiger charge is 2.31. The van der Waals surface area contributed by atoms with Crippen LogP contribution in [0.3, 0.4) is 0 Å². The Morgan fingerprint density at radius 1 is 0.857 bits per heavy atom. The van der Waals surface area contributed by atoms with Crippen molar-refractivity contribution in [3.05, 3.63) is 30.3 Å². The van der Waals surface area contributed by atoms with Crippen LogP contribution in [0.4, 0.5) is 10.5 Å². The summed E-state index contributed by atoms with van der Waals surface area (Å²) < 4.78 is 0. The fraction of sp³-hybridized carbons (Fsp3) is 0.652. The summed E-state index contributed by atoms with van der Waals surface area (Å²) in [7, 11) is 0. The van der Waals surface area contributed by atoms with Crippen molar-refractivity contribution in [2.45, 2.75) is 76.7 Å². The minimum Gasteiger partial charge on any atom is -0.352 e. The zero-order valence-corrected chi connectivity index (χ0v) is 17.1. The van der Waals surface area contributed by atoms with E-state index in [4.69, 9.17) is 0 Å². The molecule has 0 aromatic heterocycles. The van der Waals surface area contributed by atoms with E-state index in [2.05, 4.69) is 5.32 Å². The molecule has 1 saturated carbocycles. The Morgan fingerprint density at radius 3 is 2.04 bits per heavy atom. The number of hydrogen-bond acceptors (Lipinski definition) is 2. The van der Waals surface area contributed by atoms with Gasteiger partial charge in [0.25, 0.3) is 0 Å². The van der Waals surface area contributed by atoms with Crippen molar-refractivity contribution in [2.24, 2.45) is 0 Å². The Bertz CT molecular complexity index is 608. The molecular formula is C23H35N3O2. The van der Waals surface area contributed by atoms with Crippen molar-refractivity contribution in [3.63, 3.8) is 0 Å². The van der Waals surface area contributed by atoms with E-state index in [1.165, 1.54) is 57.8 Å². The number of urea groups is 1. The molecule has 154 valence electrons. The normalized spacial score (nSPS) is 20.5. The summed E-state index contributed by atoms with van der Waals surface area (Å²) in [5, 5.41) is 3.22. The summed E-state index contributed by atoms with van der Waals surface area (Å²) in [6, 6.07) is 9.87. The Morgan fingerprint density at radius 2 is 1.43 bits per heavy atom. The van der Waals surface area contributed by atoms with Crippen molar-refractivity contribution in [2.75, 3.05) is 24.5 Å². The number of nitrogens with zero attached hydrogens (tertiary/aromatic N) is 2. The molecule has 0 radical (unpaired) electrons. The number of carbonyl (C=O) groups excluding carboxylic acids is 2. The molecule has 1 aromatic carbocycles. The number of carbonyl (C=O) groups is 2. The average Bonchev–Trinajstić information content (AvgIpc) is 3.05. The Kier molecular flexibility index (Phi) is 8.19. The maximum absolute atomic E-state index is 12.7. The second-order valence-corrected chi connectivity index (χ2v) is 8.22. The van der Waals surface area contributed by atoms with Crippen LogP contribution in [0.2, 0.25) is 0 Å². The summed E-state index contributed by atoms with van der Waals surface area (Å²) in [6.07, 6.45) is 13.8. The standard InChI is InChI=1S/C23H35N3O2/c27-22(24-20-13-9-6-4-2-1-3-5-7-10-14-20)19-25-17-18-26(23(25)28)21-15-11-8-12-16-21/h8,11-12,15-16,20H,1-7,9-10,13-14,17-19H2,(H,24,27). The van der Waals surface area contributed by atoms with Gasteiger partial charge in [0.15, 0.2) is 0 Å². The quantitative estimate of drug-likeness (QED) is 0.815. The monoisotopic (exact) mass is 385 g/mol. The SMILES string of the molecule is O=C(CN1CCN(c2ccccc2)C1=O)NC1CCCCCCCCCCC1. The molecule has 2 aliphatic rings. The molecule has 28 heavy (non-hydrogen) atoms. The van der Waals surface area contributed by atoms with Gasteiger partial charge in [-0.25, -0.2) is 4.79 Å². The number of hydrogen-bond donors (Lipinski definition) is 1. The van der Waals surface area contributed by atoms with Crippen LogP contribution in [0.25, 0.3) is 0 Å². The summed E-state index contributed by atoms with van der Waals surface area (Å²) >= 11 is 0. The molecule has 0 spiro atoms. The van der Waals surface area contributed by atoms with E-state index < -0.39 is 0 Å². The zero-order valence-electron chi connectivity index (χ0n) is 17.1. The maximum Gasteiger partial charge on any atom is 0.325 e. The van der Waals surface area contributed by atoms with Crippen LogP contribution in [0.5, 0.6) is 0 Å². The molecule has 1 heterocycles. The maximum atomic E-state index is 12.7. The summed E-state index contributed by atoms with van der Waals surface area (Å²) in [4.78, 5) is 28.7. The minimum atomic E-state index is -0.0694. The van der Waals surface area contributed by atoms with Gasteiger partial charge in [-0.3, -0.25) is 9.69 Å². The fourth-order valence-electron chi connectivity index (χ4n) is 4.33. The van der Waals surface area contributed by atoms with E-state index in [0.29, 0.717) is 13.1 Å². The van der Waals surface area contributed by atoms with E-state index in [9.17, 15) is 9.59 Å². The van der Waals surface area contributed by atoms with Crippen LogP contribution in [0.15, 0.2) is 30.3 Å². The van der Waals surface area contributed by atoms with Gasteiger partial charge in [-0.1, -0.05) is 76.0 Å². The van der Waals surface area contributed by atoms with E-state index in [1.807, 2.05) is 30.3 Å². The third-order valence-electron chi connectivity index (χ3n) is 5.97. The van der Waals surface area contributed by atoms with E-state index in [0.717, 1.165) is 18.5 Å². The van der Waals surface area contributed by atoms with Crippen molar-refractivity contribution in [1.29, 1.82) is 0 Å². The number of amides is 3. The molecule has 1 saturated heterocycles. The van der Waals surface area contributed by atoms with Gasteiger partial charge in [0.1, 0.15) is 6.54 Å². The van der Waals surface area contributed by atoms with Crippen LogP contribution < -0.4 is 10.2 Å². The predicted molar refractivity (Wildman–Crippen MR) is 113 cm³/mol. The molecule has 2 fully saturated rings. The van der Waals surface area contributed by atoms with Gasteiger partial charge in [0, 0.05) is 24.8 Å². The molecule has 1 aliphatic heterocycles. The molecule has 0 bridgehead atoms. The van der Waals surface area contributed by atoms with Gasteiger partial charge in [0.05, 0.1) is 0 Å².